The SMILES string of the molecule is O=C(CN(Cc1ccc(Cl)cc1)S(=O)(=O)c1ccc(Cl)cc1)NC(c1ccccc1)c1ccccc1. The molecule has 184 valence electrons. The first-order chi connectivity index (χ1) is 17.3. The Morgan fingerprint density at radius 3 is 1.69 bits per heavy atom. The third-order valence-electron chi connectivity index (χ3n) is 5.61. The molecule has 0 aromatic heterocycles. The van der Waals surface area contributed by atoms with E-state index in [0.29, 0.717) is 15.6 Å². The highest BCUT2D eigenvalue weighted by molar-refractivity contribution is 7.89. The molecule has 4 aromatic carbocycles. The molecular weight excluding hydrogens is 515 g/mol. The summed E-state index contributed by atoms with van der Waals surface area (Å²) >= 11 is 12.0. The molecule has 5 nitrogen and oxygen atoms in total. The van der Waals surface area contributed by atoms with Crippen molar-refractivity contribution in [2.75, 3.05) is 6.54 Å². The zero-order chi connectivity index (χ0) is 25.5. The molecular formula is C28H24Cl2N2O3S. The smallest absolute Gasteiger partial charge is 0.243 e. The van der Waals surface area contributed by atoms with E-state index in [1.807, 2.05) is 60.7 Å². The summed E-state index contributed by atoms with van der Waals surface area (Å²) in [7, 11) is -4.01. The van der Waals surface area contributed by atoms with Crippen molar-refractivity contribution >= 4 is 39.1 Å². The molecule has 1 N–H and O–H groups in total. The Balaban J connectivity index is 1.63. The van der Waals surface area contributed by atoms with Crippen LogP contribution in [0.3, 0.4) is 0 Å². The third kappa shape index (κ3) is 6.53. The Morgan fingerprint density at radius 2 is 1.19 bits per heavy atom. The molecule has 0 radical (unpaired) electrons. The summed E-state index contributed by atoms with van der Waals surface area (Å²) in [6, 6.07) is 31.4. The van der Waals surface area contributed by atoms with E-state index in [4.69, 9.17) is 23.2 Å². The molecule has 4 rings (SSSR count). The van der Waals surface area contributed by atoms with Crippen LogP contribution in [0.1, 0.15) is 22.7 Å². The summed E-state index contributed by atoms with van der Waals surface area (Å²) in [6.45, 7) is -0.374. The maximum atomic E-state index is 13.6. The number of carbonyl (C=O) groups is 1. The molecule has 36 heavy (non-hydrogen) atoms. The van der Waals surface area contributed by atoms with Gasteiger partial charge in [-0.25, -0.2) is 8.42 Å². The summed E-state index contributed by atoms with van der Waals surface area (Å²) in [5.74, 6) is -0.431. The Morgan fingerprint density at radius 1 is 0.722 bits per heavy atom. The van der Waals surface area contributed by atoms with E-state index in [0.717, 1.165) is 15.4 Å². The van der Waals surface area contributed by atoms with Gasteiger partial charge in [-0.15, -0.1) is 0 Å². The molecule has 0 aliphatic rings. The normalized spacial score (nSPS) is 11.6. The summed E-state index contributed by atoms with van der Waals surface area (Å²) in [4.78, 5) is 13.4. The van der Waals surface area contributed by atoms with Gasteiger partial charge in [0, 0.05) is 16.6 Å². The predicted molar refractivity (Wildman–Crippen MR) is 143 cm³/mol. The van der Waals surface area contributed by atoms with Crippen molar-refractivity contribution in [3.05, 3.63) is 136 Å². The number of rotatable bonds is 9. The topological polar surface area (TPSA) is 66.5 Å². The monoisotopic (exact) mass is 538 g/mol. The van der Waals surface area contributed by atoms with Gasteiger partial charge in [-0.3, -0.25) is 4.79 Å². The van der Waals surface area contributed by atoms with E-state index < -0.39 is 22.0 Å². The Hall–Kier alpha value is -3.16. The first-order valence-electron chi connectivity index (χ1n) is 11.2. The van der Waals surface area contributed by atoms with Crippen LogP contribution < -0.4 is 5.32 Å². The van der Waals surface area contributed by atoms with Crippen LogP contribution in [0.2, 0.25) is 10.0 Å². The average Bonchev–Trinajstić information content (AvgIpc) is 2.89. The number of halogens is 2. The molecule has 0 heterocycles. The maximum absolute atomic E-state index is 13.6. The number of sulfonamides is 1. The lowest BCUT2D eigenvalue weighted by Gasteiger charge is -2.25. The van der Waals surface area contributed by atoms with Gasteiger partial charge >= 0.3 is 0 Å². The van der Waals surface area contributed by atoms with Crippen molar-refractivity contribution in [3.8, 4) is 0 Å². The van der Waals surface area contributed by atoms with Gasteiger partial charge in [0.15, 0.2) is 0 Å². The molecule has 0 fully saturated rings. The second-order valence-electron chi connectivity index (χ2n) is 8.18. The van der Waals surface area contributed by atoms with Gasteiger partial charge in [0.05, 0.1) is 17.5 Å². The Bertz CT molecular complexity index is 1360. The van der Waals surface area contributed by atoms with Crippen LogP contribution in [-0.2, 0) is 21.4 Å². The minimum atomic E-state index is -4.01. The van der Waals surface area contributed by atoms with E-state index in [1.165, 1.54) is 24.3 Å². The lowest BCUT2D eigenvalue weighted by atomic mass is 9.99. The van der Waals surface area contributed by atoms with E-state index >= 15 is 0 Å². The highest BCUT2D eigenvalue weighted by Crippen LogP contribution is 2.24. The number of hydrogen-bond acceptors (Lipinski definition) is 3. The average molecular weight is 539 g/mol. The molecule has 0 saturated heterocycles. The van der Waals surface area contributed by atoms with Crippen LogP contribution in [0.4, 0.5) is 0 Å². The van der Waals surface area contributed by atoms with Crippen LogP contribution in [0.25, 0.3) is 0 Å². The standard InChI is InChI=1S/C28H24Cl2N2O3S/c29-24-13-11-21(12-14-24)19-32(36(34,35)26-17-15-25(30)16-18-26)20-27(33)31-28(22-7-3-1-4-8-22)23-9-5-2-6-10-23/h1-18,28H,19-20H2,(H,31,33). The van der Waals surface area contributed by atoms with Crippen molar-refractivity contribution < 1.29 is 13.2 Å². The second kappa shape index (κ2) is 11.7. The molecule has 0 bridgehead atoms. The minimum Gasteiger partial charge on any atom is -0.344 e. The number of nitrogens with one attached hydrogen (secondary N) is 1. The van der Waals surface area contributed by atoms with Crippen molar-refractivity contribution in [2.45, 2.75) is 17.5 Å². The van der Waals surface area contributed by atoms with Crippen LogP contribution in [-0.4, -0.2) is 25.2 Å². The van der Waals surface area contributed by atoms with E-state index in [1.54, 1.807) is 24.3 Å². The highest BCUT2D eigenvalue weighted by atomic mass is 35.5. The van der Waals surface area contributed by atoms with Gasteiger partial charge in [-0.05, 0) is 53.1 Å². The molecule has 0 saturated carbocycles. The zero-order valence-corrected chi connectivity index (χ0v) is 21.5. The highest BCUT2D eigenvalue weighted by Gasteiger charge is 2.28. The zero-order valence-electron chi connectivity index (χ0n) is 19.2. The van der Waals surface area contributed by atoms with E-state index in [2.05, 4.69) is 5.32 Å². The largest absolute Gasteiger partial charge is 0.344 e. The number of benzene rings is 4. The predicted octanol–water partition coefficient (Wildman–Crippen LogP) is 6.09. The number of hydrogen-bond donors (Lipinski definition) is 1. The molecule has 0 aliphatic heterocycles. The molecule has 0 unspecified atom stereocenters. The molecule has 0 atom stereocenters. The van der Waals surface area contributed by atoms with Gasteiger partial charge in [-0.1, -0.05) is 96.0 Å². The molecule has 4 aromatic rings. The van der Waals surface area contributed by atoms with E-state index in [9.17, 15) is 13.2 Å². The fourth-order valence-corrected chi connectivity index (χ4v) is 5.43. The number of amides is 1. The van der Waals surface area contributed by atoms with E-state index in [-0.39, 0.29) is 18.0 Å². The van der Waals surface area contributed by atoms with Gasteiger partial charge in [0.2, 0.25) is 15.9 Å². The number of carbonyl (C=O) groups excluding carboxylic acids is 1. The summed E-state index contributed by atoms with van der Waals surface area (Å²) in [6.07, 6.45) is 0. The number of nitrogens with zero attached hydrogens (tertiary/aromatic N) is 1. The Kier molecular flexibility index (Phi) is 8.44. The summed E-state index contributed by atoms with van der Waals surface area (Å²) in [5.41, 5.74) is 2.48. The van der Waals surface area contributed by atoms with Crippen LogP contribution in [0.15, 0.2) is 114 Å². The van der Waals surface area contributed by atoms with Crippen LogP contribution >= 0.6 is 23.2 Å². The fraction of sp³-hybridized carbons (Fsp3) is 0.107. The fourth-order valence-electron chi connectivity index (χ4n) is 3.79. The Labute approximate surface area is 221 Å². The molecule has 8 heteroatoms. The van der Waals surface area contributed by atoms with Crippen LogP contribution in [0, 0.1) is 0 Å². The van der Waals surface area contributed by atoms with Gasteiger partial charge in [0.25, 0.3) is 0 Å². The van der Waals surface area contributed by atoms with Crippen molar-refractivity contribution in [1.29, 1.82) is 0 Å². The summed E-state index contributed by atoms with van der Waals surface area (Å²) in [5, 5.41) is 3.98. The maximum Gasteiger partial charge on any atom is 0.243 e. The lowest BCUT2D eigenvalue weighted by Crippen LogP contribution is -2.41. The third-order valence-corrected chi connectivity index (χ3v) is 7.92. The van der Waals surface area contributed by atoms with Crippen molar-refractivity contribution in [1.82, 2.24) is 9.62 Å². The quantitative estimate of drug-likeness (QED) is 0.280. The lowest BCUT2D eigenvalue weighted by molar-refractivity contribution is -0.121. The molecule has 1 amide bonds. The van der Waals surface area contributed by atoms with Gasteiger partial charge in [-0.2, -0.15) is 4.31 Å². The second-order valence-corrected chi connectivity index (χ2v) is 11.0. The van der Waals surface area contributed by atoms with Gasteiger partial charge < -0.3 is 5.32 Å². The first kappa shape index (κ1) is 25.9. The summed E-state index contributed by atoms with van der Waals surface area (Å²) < 4.78 is 28.3. The minimum absolute atomic E-state index is 0.00309. The van der Waals surface area contributed by atoms with Gasteiger partial charge in [0.1, 0.15) is 0 Å². The molecule has 0 aliphatic carbocycles. The molecule has 0 spiro atoms. The first-order valence-corrected chi connectivity index (χ1v) is 13.4. The van der Waals surface area contributed by atoms with Crippen LogP contribution in [0.5, 0.6) is 0 Å². The van der Waals surface area contributed by atoms with Crippen molar-refractivity contribution in [2.24, 2.45) is 0 Å². The van der Waals surface area contributed by atoms with Crippen molar-refractivity contribution in [3.63, 3.8) is 0 Å².